The number of rotatable bonds is 8. The summed E-state index contributed by atoms with van der Waals surface area (Å²) >= 11 is 6.27. The summed E-state index contributed by atoms with van der Waals surface area (Å²) in [6.45, 7) is 0.421. The molecule has 1 aromatic heterocycles. The summed E-state index contributed by atoms with van der Waals surface area (Å²) in [6, 6.07) is 29.4. The Balaban J connectivity index is 1.54. The van der Waals surface area contributed by atoms with Gasteiger partial charge in [0.25, 0.3) is 11.8 Å². The molecule has 0 aliphatic carbocycles. The van der Waals surface area contributed by atoms with Crippen molar-refractivity contribution >= 4 is 29.5 Å². The number of carbonyl (C=O) groups excluding carboxylic acids is 2. The summed E-state index contributed by atoms with van der Waals surface area (Å²) in [7, 11) is 0. The van der Waals surface area contributed by atoms with E-state index < -0.39 is 5.91 Å². The van der Waals surface area contributed by atoms with E-state index in [0.29, 0.717) is 35.1 Å². The lowest BCUT2D eigenvalue weighted by molar-refractivity contribution is -0.117. The number of halogens is 1. The summed E-state index contributed by atoms with van der Waals surface area (Å²) < 4.78 is 5.90. The zero-order valence-electron chi connectivity index (χ0n) is 18.3. The summed E-state index contributed by atoms with van der Waals surface area (Å²) in [5, 5.41) is 6.14. The normalized spacial score (nSPS) is 11.1. The molecule has 170 valence electrons. The van der Waals surface area contributed by atoms with Crippen LogP contribution in [0.15, 0.2) is 107 Å². The highest BCUT2D eigenvalue weighted by molar-refractivity contribution is 6.33. The standard InChI is InChI=1S/C28H23ClN2O3/c29-24-14-8-7-13-23(24)26-16-15-22(34-26)19-25(31-27(32)21-11-5-2-6-12-21)28(33)30-18-17-20-9-3-1-4-10-20/h1-16,19H,17-18H2,(H,30,33)(H,31,32)/b25-19-. The highest BCUT2D eigenvalue weighted by atomic mass is 35.5. The van der Waals surface area contributed by atoms with Gasteiger partial charge < -0.3 is 15.1 Å². The molecular formula is C28H23ClN2O3. The predicted octanol–water partition coefficient (Wildman–Crippen LogP) is 5.73. The Hall–Kier alpha value is -4.09. The van der Waals surface area contributed by atoms with Crippen LogP contribution in [0.3, 0.4) is 0 Å². The average Bonchev–Trinajstić information content (AvgIpc) is 3.33. The fourth-order valence-corrected chi connectivity index (χ4v) is 3.61. The van der Waals surface area contributed by atoms with Crippen LogP contribution in [0.4, 0.5) is 0 Å². The van der Waals surface area contributed by atoms with E-state index >= 15 is 0 Å². The molecule has 0 aliphatic rings. The van der Waals surface area contributed by atoms with Gasteiger partial charge in [-0.15, -0.1) is 0 Å². The highest BCUT2D eigenvalue weighted by Gasteiger charge is 2.16. The molecule has 4 rings (SSSR count). The van der Waals surface area contributed by atoms with Gasteiger partial charge in [-0.2, -0.15) is 0 Å². The number of benzene rings is 3. The Morgan fingerprint density at radius 3 is 2.24 bits per heavy atom. The first-order valence-corrected chi connectivity index (χ1v) is 11.2. The Morgan fingerprint density at radius 2 is 1.50 bits per heavy atom. The van der Waals surface area contributed by atoms with Crippen molar-refractivity contribution in [3.8, 4) is 11.3 Å². The van der Waals surface area contributed by atoms with Crippen molar-refractivity contribution in [2.24, 2.45) is 0 Å². The van der Waals surface area contributed by atoms with Gasteiger partial charge in [-0.25, -0.2) is 0 Å². The third-order valence-electron chi connectivity index (χ3n) is 5.12. The molecule has 2 amide bonds. The zero-order valence-corrected chi connectivity index (χ0v) is 19.1. The first-order chi connectivity index (χ1) is 16.6. The minimum absolute atomic E-state index is 0.0852. The molecule has 0 atom stereocenters. The number of hydrogen-bond donors (Lipinski definition) is 2. The van der Waals surface area contributed by atoms with Gasteiger partial charge in [-0.3, -0.25) is 9.59 Å². The lowest BCUT2D eigenvalue weighted by Crippen LogP contribution is -2.35. The van der Waals surface area contributed by atoms with Gasteiger partial charge in [0, 0.05) is 23.7 Å². The predicted molar refractivity (Wildman–Crippen MR) is 134 cm³/mol. The van der Waals surface area contributed by atoms with Gasteiger partial charge in [0.2, 0.25) is 0 Å². The molecule has 0 spiro atoms. The maximum atomic E-state index is 13.0. The summed E-state index contributed by atoms with van der Waals surface area (Å²) in [5.41, 5.74) is 2.38. The van der Waals surface area contributed by atoms with E-state index in [0.717, 1.165) is 11.1 Å². The molecular weight excluding hydrogens is 448 g/mol. The number of nitrogens with one attached hydrogen (secondary N) is 2. The minimum Gasteiger partial charge on any atom is -0.457 e. The van der Waals surface area contributed by atoms with Crippen LogP contribution in [-0.4, -0.2) is 18.4 Å². The van der Waals surface area contributed by atoms with Gasteiger partial charge >= 0.3 is 0 Å². The van der Waals surface area contributed by atoms with Crippen molar-refractivity contribution in [2.75, 3.05) is 6.54 Å². The second-order valence-corrected chi connectivity index (χ2v) is 7.96. The molecule has 2 N–H and O–H groups in total. The Kier molecular flexibility index (Phi) is 7.58. The van der Waals surface area contributed by atoms with Crippen molar-refractivity contribution in [2.45, 2.75) is 6.42 Å². The second kappa shape index (κ2) is 11.2. The fraction of sp³-hybridized carbons (Fsp3) is 0.0714. The third-order valence-corrected chi connectivity index (χ3v) is 5.45. The molecule has 1 heterocycles. The van der Waals surface area contributed by atoms with E-state index in [9.17, 15) is 9.59 Å². The largest absolute Gasteiger partial charge is 0.457 e. The number of carbonyl (C=O) groups is 2. The second-order valence-electron chi connectivity index (χ2n) is 7.55. The van der Waals surface area contributed by atoms with Crippen LogP contribution in [-0.2, 0) is 11.2 Å². The van der Waals surface area contributed by atoms with E-state index in [4.69, 9.17) is 16.0 Å². The molecule has 0 saturated carbocycles. The average molecular weight is 471 g/mol. The van der Waals surface area contributed by atoms with E-state index in [-0.39, 0.29) is 11.6 Å². The van der Waals surface area contributed by atoms with Gasteiger partial charge in [-0.1, -0.05) is 72.3 Å². The van der Waals surface area contributed by atoms with E-state index in [1.54, 1.807) is 42.5 Å². The molecule has 6 heteroatoms. The highest BCUT2D eigenvalue weighted by Crippen LogP contribution is 2.29. The molecule has 0 fully saturated rings. The first-order valence-electron chi connectivity index (χ1n) is 10.8. The molecule has 0 bridgehead atoms. The molecule has 3 aromatic carbocycles. The van der Waals surface area contributed by atoms with Crippen LogP contribution in [0.1, 0.15) is 21.7 Å². The number of furan rings is 1. The van der Waals surface area contributed by atoms with Gasteiger partial charge in [-0.05, 0) is 48.4 Å². The van der Waals surface area contributed by atoms with Crippen LogP contribution >= 0.6 is 11.6 Å². The Labute approximate surface area is 203 Å². The maximum Gasteiger partial charge on any atom is 0.267 e. The SMILES string of the molecule is O=C(NCCc1ccccc1)/C(=C/c1ccc(-c2ccccc2Cl)o1)NC(=O)c1ccccc1. The molecule has 34 heavy (non-hydrogen) atoms. The van der Waals surface area contributed by atoms with Crippen molar-refractivity contribution in [1.29, 1.82) is 0 Å². The number of amides is 2. The van der Waals surface area contributed by atoms with Crippen LogP contribution in [0.25, 0.3) is 17.4 Å². The molecule has 0 aliphatic heterocycles. The summed E-state index contributed by atoms with van der Waals surface area (Å²) in [5.74, 6) is 0.186. The molecule has 0 radical (unpaired) electrons. The van der Waals surface area contributed by atoms with Crippen LogP contribution < -0.4 is 10.6 Å². The van der Waals surface area contributed by atoms with Crippen molar-refractivity contribution in [3.63, 3.8) is 0 Å². The zero-order chi connectivity index (χ0) is 23.8. The van der Waals surface area contributed by atoms with E-state index in [1.165, 1.54) is 6.08 Å². The molecule has 0 saturated heterocycles. The third kappa shape index (κ3) is 6.03. The van der Waals surface area contributed by atoms with Gasteiger partial charge in [0.1, 0.15) is 17.2 Å². The summed E-state index contributed by atoms with van der Waals surface area (Å²) in [6.07, 6.45) is 2.18. The van der Waals surface area contributed by atoms with Gasteiger partial charge in [0.05, 0.1) is 5.02 Å². The van der Waals surface area contributed by atoms with Crippen molar-refractivity contribution < 1.29 is 14.0 Å². The van der Waals surface area contributed by atoms with Crippen LogP contribution in [0, 0.1) is 0 Å². The van der Waals surface area contributed by atoms with Gasteiger partial charge in [0.15, 0.2) is 0 Å². The Bertz CT molecular complexity index is 1300. The minimum atomic E-state index is -0.407. The lowest BCUT2D eigenvalue weighted by Gasteiger charge is -2.11. The first kappa shape index (κ1) is 23.1. The molecule has 4 aromatic rings. The number of hydrogen-bond acceptors (Lipinski definition) is 3. The van der Waals surface area contributed by atoms with Crippen LogP contribution in [0.2, 0.25) is 5.02 Å². The topological polar surface area (TPSA) is 71.3 Å². The van der Waals surface area contributed by atoms with Crippen molar-refractivity contribution in [3.05, 3.63) is 125 Å². The molecule has 5 nitrogen and oxygen atoms in total. The molecule has 0 unspecified atom stereocenters. The summed E-state index contributed by atoms with van der Waals surface area (Å²) in [4.78, 5) is 25.7. The fourth-order valence-electron chi connectivity index (χ4n) is 3.38. The van der Waals surface area contributed by atoms with E-state index in [1.807, 2.05) is 54.6 Å². The van der Waals surface area contributed by atoms with Crippen LogP contribution in [0.5, 0.6) is 0 Å². The Morgan fingerprint density at radius 1 is 0.824 bits per heavy atom. The van der Waals surface area contributed by atoms with Crippen molar-refractivity contribution in [1.82, 2.24) is 10.6 Å². The smallest absolute Gasteiger partial charge is 0.267 e. The lowest BCUT2D eigenvalue weighted by atomic mass is 10.1. The quantitative estimate of drug-likeness (QED) is 0.323. The van der Waals surface area contributed by atoms with E-state index in [2.05, 4.69) is 10.6 Å². The monoisotopic (exact) mass is 470 g/mol. The maximum absolute atomic E-state index is 13.0.